The van der Waals surface area contributed by atoms with Crippen molar-refractivity contribution in [3.8, 4) is 0 Å². The van der Waals surface area contributed by atoms with E-state index in [2.05, 4.69) is 10.1 Å². The molecular formula is C7H11NO4. The average molecular weight is 173 g/mol. The highest BCUT2D eigenvalue weighted by molar-refractivity contribution is 5.82. The van der Waals surface area contributed by atoms with Crippen molar-refractivity contribution in [1.29, 1.82) is 0 Å². The molecule has 1 rings (SSSR count). The lowest BCUT2D eigenvalue weighted by molar-refractivity contribution is -0.151. The third kappa shape index (κ3) is 1.73. The Morgan fingerprint density at radius 2 is 2.42 bits per heavy atom. The molecule has 0 radical (unpaired) electrons. The molecule has 1 amide bonds. The van der Waals surface area contributed by atoms with Crippen LogP contribution in [0.1, 0.15) is 6.42 Å². The van der Waals surface area contributed by atoms with E-state index >= 15 is 0 Å². The van der Waals surface area contributed by atoms with Crippen LogP contribution in [0.25, 0.3) is 0 Å². The minimum Gasteiger partial charge on any atom is -0.469 e. The lowest BCUT2D eigenvalue weighted by Crippen LogP contribution is -2.47. The Labute approximate surface area is 69.7 Å². The van der Waals surface area contributed by atoms with Gasteiger partial charge < -0.3 is 15.2 Å². The molecule has 0 saturated carbocycles. The number of methoxy groups -OCH3 is 1. The molecule has 2 atom stereocenters. The van der Waals surface area contributed by atoms with Gasteiger partial charge in [-0.3, -0.25) is 9.59 Å². The molecule has 0 bridgehead atoms. The summed E-state index contributed by atoms with van der Waals surface area (Å²) in [6.45, 7) is 0.159. The molecule has 0 aromatic heterocycles. The fourth-order valence-electron chi connectivity index (χ4n) is 1.16. The van der Waals surface area contributed by atoms with Crippen molar-refractivity contribution in [3.05, 3.63) is 0 Å². The molecule has 68 valence electrons. The van der Waals surface area contributed by atoms with E-state index in [1.807, 2.05) is 0 Å². The van der Waals surface area contributed by atoms with E-state index < -0.39 is 18.0 Å². The van der Waals surface area contributed by atoms with E-state index in [1.165, 1.54) is 7.11 Å². The van der Waals surface area contributed by atoms with Crippen molar-refractivity contribution in [1.82, 2.24) is 5.32 Å². The summed E-state index contributed by atoms with van der Waals surface area (Å²) in [6.07, 6.45) is -0.939. The van der Waals surface area contributed by atoms with Crippen molar-refractivity contribution in [3.63, 3.8) is 0 Å². The molecule has 1 saturated heterocycles. The number of aliphatic hydroxyl groups excluding tert-OH is 1. The van der Waals surface area contributed by atoms with Crippen molar-refractivity contribution < 1.29 is 19.4 Å². The van der Waals surface area contributed by atoms with Gasteiger partial charge in [0.1, 0.15) is 5.92 Å². The monoisotopic (exact) mass is 173 g/mol. The summed E-state index contributed by atoms with van der Waals surface area (Å²) in [6, 6.07) is 0. The first-order valence-corrected chi connectivity index (χ1v) is 3.67. The van der Waals surface area contributed by atoms with Crippen LogP contribution in [-0.4, -0.2) is 36.7 Å². The summed E-state index contributed by atoms with van der Waals surface area (Å²) in [5, 5.41) is 11.8. The summed E-state index contributed by atoms with van der Waals surface area (Å²) < 4.78 is 4.45. The van der Waals surface area contributed by atoms with Crippen molar-refractivity contribution >= 4 is 11.9 Å². The maximum atomic E-state index is 11.0. The summed E-state index contributed by atoms with van der Waals surface area (Å²) in [5.41, 5.74) is 0. The standard InChI is InChI=1S/C7H11NO4/c1-12-7(11)4-3-8-6(10)2-5(4)9/h4-5,9H,2-3H2,1H3,(H,8,10). The van der Waals surface area contributed by atoms with Crippen LogP contribution < -0.4 is 5.32 Å². The Kier molecular flexibility index (Phi) is 2.65. The van der Waals surface area contributed by atoms with E-state index in [0.717, 1.165) is 0 Å². The Hall–Kier alpha value is -1.10. The molecule has 1 aliphatic heterocycles. The second-order valence-electron chi connectivity index (χ2n) is 2.71. The molecule has 1 heterocycles. The third-order valence-electron chi connectivity index (χ3n) is 1.88. The number of ether oxygens (including phenoxy) is 1. The van der Waals surface area contributed by atoms with Gasteiger partial charge in [0.15, 0.2) is 0 Å². The molecular weight excluding hydrogens is 162 g/mol. The molecule has 1 aliphatic rings. The molecule has 0 aliphatic carbocycles. The van der Waals surface area contributed by atoms with Gasteiger partial charge >= 0.3 is 5.97 Å². The van der Waals surface area contributed by atoms with E-state index in [4.69, 9.17) is 0 Å². The number of carbonyl (C=O) groups excluding carboxylic acids is 2. The number of hydrogen-bond acceptors (Lipinski definition) is 4. The summed E-state index contributed by atoms with van der Waals surface area (Å²) >= 11 is 0. The highest BCUT2D eigenvalue weighted by Gasteiger charge is 2.33. The third-order valence-corrected chi connectivity index (χ3v) is 1.88. The van der Waals surface area contributed by atoms with Crippen molar-refractivity contribution in [2.75, 3.05) is 13.7 Å². The van der Waals surface area contributed by atoms with Gasteiger partial charge in [0, 0.05) is 6.54 Å². The highest BCUT2D eigenvalue weighted by atomic mass is 16.5. The molecule has 5 heteroatoms. The van der Waals surface area contributed by atoms with Crippen molar-refractivity contribution in [2.45, 2.75) is 12.5 Å². The molecule has 2 unspecified atom stereocenters. The number of aliphatic hydroxyl groups is 1. The second-order valence-corrected chi connectivity index (χ2v) is 2.71. The molecule has 2 N–H and O–H groups in total. The van der Waals surface area contributed by atoms with Gasteiger partial charge in [-0.2, -0.15) is 0 Å². The first kappa shape index (κ1) is 8.99. The summed E-state index contributed by atoms with van der Waals surface area (Å²) in [4.78, 5) is 21.7. The molecule has 12 heavy (non-hydrogen) atoms. The second kappa shape index (κ2) is 3.53. The highest BCUT2D eigenvalue weighted by Crippen LogP contribution is 2.12. The van der Waals surface area contributed by atoms with Crippen LogP contribution in [0, 0.1) is 5.92 Å². The Morgan fingerprint density at radius 3 is 2.92 bits per heavy atom. The van der Waals surface area contributed by atoms with E-state index in [9.17, 15) is 14.7 Å². The van der Waals surface area contributed by atoms with Gasteiger partial charge in [0.2, 0.25) is 5.91 Å². The fourth-order valence-corrected chi connectivity index (χ4v) is 1.16. The van der Waals surface area contributed by atoms with Gasteiger partial charge in [-0.1, -0.05) is 0 Å². The minimum atomic E-state index is -0.911. The lowest BCUT2D eigenvalue weighted by atomic mass is 9.96. The van der Waals surface area contributed by atoms with E-state index in [-0.39, 0.29) is 18.9 Å². The number of rotatable bonds is 1. The maximum Gasteiger partial charge on any atom is 0.313 e. The number of amides is 1. The Morgan fingerprint density at radius 1 is 1.75 bits per heavy atom. The van der Waals surface area contributed by atoms with Gasteiger partial charge in [-0.05, 0) is 0 Å². The smallest absolute Gasteiger partial charge is 0.313 e. The molecule has 1 fully saturated rings. The van der Waals surface area contributed by atoms with Crippen LogP contribution in [0.3, 0.4) is 0 Å². The molecule has 0 aromatic carbocycles. The Balaban J connectivity index is 2.56. The first-order chi connectivity index (χ1) is 5.65. The average Bonchev–Trinajstić information content (AvgIpc) is 2.03. The lowest BCUT2D eigenvalue weighted by Gasteiger charge is -2.25. The quantitative estimate of drug-likeness (QED) is 0.481. The number of nitrogens with one attached hydrogen (secondary N) is 1. The normalized spacial score (nSPS) is 29.3. The predicted molar refractivity (Wildman–Crippen MR) is 39.1 cm³/mol. The van der Waals surface area contributed by atoms with Gasteiger partial charge in [-0.15, -0.1) is 0 Å². The van der Waals surface area contributed by atoms with Crippen LogP contribution in [0.4, 0.5) is 0 Å². The first-order valence-electron chi connectivity index (χ1n) is 3.67. The summed E-state index contributed by atoms with van der Waals surface area (Å²) in [5.74, 6) is -1.34. The SMILES string of the molecule is COC(=O)C1CNC(=O)CC1O. The van der Waals surface area contributed by atoms with Gasteiger partial charge in [-0.25, -0.2) is 0 Å². The van der Waals surface area contributed by atoms with Crippen LogP contribution in [0.5, 0.6) is 0 Å². The van der Waals surface area contributed by atoms with E-state index in [1.54, 1.807) is 0 Å². The number of hydrogen-bond donors (Lipinski definition) is 2. The molecule has 0 aromatic rings. The largest absolute Gasteiger partial charge is 0.469 e. The van der Waals surface area contributed by atoms with Crippen molar-refractivity contribution in [2.24, 2.45) is 5.92 Å². The number of piperidine rings is 1. The van der Waals surface area contributed by atoms with Gasteiger partial charge in [0.05, 0.1) is 19.6 Å². The topological polar surface area (TPSA) is 75.6 Å². The van der Waals surface area contributed by atoms with Crippen LogP contribution in [0.2, 0.25) is 0 Å². The molecule has 0 spiro atoms. The minimum absolute atomic E-state index is 0.0280. The van der Waals surface area contributed by atoms with Gasteiger partial charge in [0.25, 0.3) is 0 Å². The maximum absolute atomic E-state index is 11.0. The zero-order valence-electron chi connectivity index (χ0n) is 6.74. The van der Waals surface area contributed by atoms with Crippen LogP contribution >= 0.6 is 0 Å². The zero-order valence-corrected chi connectivity index (χ0v) is 6.74. The predicted octanol–water partition coefficient (Wildman–Crippen LogP) is -1.34. The number of esters is 1. The van der Waals surface area contributed by atoms with E-state index in [0.29, 0.717) is 0 Å². The van der Waals surface area contributed by atoms with Crippen LogP contribution in [-0.2, 0) is 14.3 Å². The van der Waals surface area contributed by atoms with Crippen LogP contribution in [0.15, 0.2) is 0 Å². The zero-order chi connectivity index (χ0) is 9.14. The summed E-state index contributed by atoms with van der Waals surface area (Å²) in [7, 11) is 1.26. The Bertz CT molecular complexity index is 204. The number of carbonyl (C=O) groups is 2. The fraction of sp³-hybridized carbons (Fsp3) is 0.714. The molecule has 5 nitrogen and oxygen atoms in total.